The third kappa shape index (κ3) is 24.1. The van der Waals surface area contributed by atoms with Crippen LogP contribution in [0.4, 0.5) is 0 Å². The van der Waals surface area contributed by atoms with E-state index in [0.29, 0.717) is 12.2 Å². The highest BCUT2D eigenvalue weighted by molar-refractivity contribution is 6.81. The van der Waals surface area contributed by atoms with Crippen LogP contribution < -0.4 is 0 Å². The van der Waals surface area contributed by atoms with E-state index in [9.17, 15) is 4.79 Å². The SMILES string of the molecule is CCC(=O)C(CCC[Si](CCC[Si](OC)(OC)OC)(CCC[Si](OC)(OC)OC)CCC[Si](OC)(OC)OC)CCC[Si](CCC[Si](OC)(OC)OC)(CCC[Si](OC)(OC)OC)CCC[Si](OC)(OC)OC. The summed E-state index contributed by atoms with van der Waals surface area (Å²) < 4.78 is 106. The van der Waals surface area contributed by atoms with E-state index in [1.165, 1.54) is 0 Å². The van der Waals surface area contributed by atoms with Crippen LogP contribution in [0.15, 0.2) is 0 Å². The number of Topliss-reactive ketones (excluding diaryl/α,β-unsaturated/α-hetero) is 1. The molecule has 0 spiro atoms. The molecular weight excluding hydrogens is 1080 g/mol. The lowest BCUT2D eigenvalue weighted by atomic mass is 9.92. The molecule has 0 rings (SSSR count). The zero-order valence-electron chi connectivity index (χ0n) is 49.5. The van der Waals surface area contributed by atoms with Crippen LogP contribution in [0.5, 0.6) is 0 Å². The average Bonchev–Trinajstić information content (AvgIpc) is 3.43. The molecule has 0 unspecified atom stereocenters. The molecule has 27 heteroatoms. The van der Waals surface area contributed by atoms with Gasteiger partial charge in [-0.2, -0.15) is 0 Å². The fourth-order valence-electron chi connectivity index (χ4n) is 11.1. The summed E-state index contributed by atoms with van der Waals surface area (Å²) in [5.41, 5.74) is 0. The Kier molecular flexibility index (Phi) is 39.5. The summed E-state index contributed by atoms with van der Waals surface area (Å²) in [4.78, 5) is 14.1. The molecule has 0 amide bonds. The fraction of sp³-hybridized carbons (Fsp3) is 0.978. The van der Waals surface area contributed by atoms with Gasteiger partial charge >= 0.3 is 52.8 Å². The predicted molar refractivity (Wildman–Crippen MR) is 304 cm³/mol. The van der Waals surface area contributed by atoms with Gasteiger partial charge in [0.2, 0.25) is 0 Å². The summed E-state index contributed by atoms with van der Waals surface area (Å²) in [7, 11) is 9.05. The number of ketones is 1. The third-order valence-corrected chi connectivity index (χ3v) is 44.4. The quantitative estimate of drug-likeness (QED) is 0.0524. The summed E-state index contributed by atoms with van der Waals surface area (Å²) >= 11 is 0. The summed E-state index contributed by atoms with van der Waals surface area (Å²) in [5.74, 6) is 0.303. The van der Waals surface area contributed by atoms with E-state index in [2.05, 4.69) is 0 Å². The van der Waals surface area contributed by atoms with Crippen molar-refractivity contribution in [3.8, 4) is 0 Å². The molecule has 0 fully saturated rings. The van der Waals surface area contributed by atoms with E-state index >= 15 is 0 Å². The molecule has 0 aromatic carbocycles. The smallest absolute Gasteiger partial charge is 0.377 e. The van der Waals surface area contributed by atoms with Gasteiger partial charge in [0, 0.05) is 177 Å². The van der Waals surface area contributed by atoms with Crippen LogP contribution >= 0.6 is 0 Å². The van der Waals surface area contributed by atoms with Gasteiger partial charge in [0.05, 0.1) is 16.1 Å². The minimum absolute atomic E-state index is 0.0356. The first kappa shape index (κ1) is 73.7. The van der Waals surface area contributed by atoms with Crippen molar-refractivity contribution >= 4 is 74.8 Å². The van der Waals surface area contributed by atoms with Crippen LogP contribution in [-0.2, 0) is 84.5 Å². The number of rotatable bonds is 52. The van der Waals surface area contributed by atoms with Gasteiger partial charge in [-0.25, -0.2) is 0 Å². The Morgan fingerprint density at radius 3 is 0.548 bits per heavy atom. The van der Waals surface area contributed by atoms with Crippen molar-refractivity contribution in [3.05, 3.63) is 0 Å². The Morgan fingerprint density at radius 1 is 0.260 bits per heavy atom. The van der Waals surface area contributed by atoms with Crippen LogP contribution in [0, 0.1) is 5.92 Å². The molecule has 0 aromatic heterocycles. The standard InChI is InChI=1S/C46H108O19Si8/c1-20-46(47)45(29-21-31-66(33-23-39-68(48-2,49-3)50-4,34-24-40-69(51-5,52-6)53-7)35-25-41-70(54-8,55-9)56-10)30-22-32-67(36-26-42-71(57-11,58-12)59-13,37-27-43-72(60-14,61-15)62-16)38-28-44-73(63-17,64-18)65-19/h45H,20-44H2,1-19H3. The average molecular weight is 1190 g/mol. The van der Waals surface area contributed by atoms with Gasteiger partial charge in [-0.1, -0.05) is 107 Å². The molecule has 73 heavy (non-hydrogen) atoms. The molecule has 438 valence electrons. The highest BCUT2D eigenvalue weighted by Gasteiger charge is 2.46. The molecule has 0 aliphatic rings. The second-order valence-corrected chi connectivity index (χ2v) is 47.7. The maximum atomic E-state index is 14.1. The van der Waals surface area contributed by atoms with Gasteiger partial charge in [0.25, 0.3) is 0 Å². The Bertz CT molecular complexity index is 1110. The van der Waals surface area contributed by atoms with Crippen LogP contribution in [0.25, 0.3) is 0 Å². The second-order valence-electron chi connectivity index (χ2n) is 19.2. The van der Waals surface area contributed by atoms with Gasteiger partial charge in [-0.15, -0.1) is 0 Å². The molecule has 0 aromatic rings. The monoisotopic (exact) mass is 1190 g/mol. The first-order chi connectivity index (χ1) is 34.9. The van der Waals surface area contributed by atoms with Crippen molar-refractivity contribution in [1.82, 2.24) is 0 Å². The third-order valence-electron chi connectivity index (χ3n) is 16.1. The van der Waals surface area contributed by atoms with Crippen molar-refractivity contribution in [2.75, 3.05) is 128 Å². The molecule has 0 saturated carbocycles. The van der Waals surface area contributed by atoms with Crippen molar-refractivity contribution in [3.63, 3.8) is 0 Å². The van der Waals surface area contributed by atoms with E-state index in [0.717, 1.165) is 149 Å². The first-order valence-electron chi connectivity index (χ1n) is 26.3. The van der Waals surface area contributed by atoms with Crippen LogP contribution in [0.3, 0.4) is 0 Å². The number of hydrogen-bond donors (Lipinski definition) is 0. The normalized spacial score (nSPS) is 13.8. The van der Waals surface area contributed by atoms with E-state index in [4.69, 9.17) is 79.7 Å². The molecule has 19 nitrogen and oxygen atoms in total. The Balaban J connectivity index is 7.21. The summed E-state index contributed by atoms with van der Waals surface area (Å²) in [6, 6.07) is 12.8. The maximum Gasteiger partial charge on any atom is 0.500 e. The molecular formula is C46H108O19Si8. The van der Waals surface area contributed by atoms with Crippen LogP contribution in [0.1, 0.15) is 77.6 Å². The molecule has 0 saturated heterocycles. The molecule has 0 radical (unpaired) electrons. The molecule has 0 bridgehead atoms. The Labute approximate surface area is 453 Å². The first-order valence-corrected chi connectivity index (χ1v) is 43.6. The van der Waals surface area contributed by atoms with Crippen molar-refractivity contribution in [1.29, 1.82) is 0 Å². The lowest BCUT2D eigenvalue weighted by Crippen LogP contribution is -2.45. The minimum atomic E-state index is -2.82. The highest BCUT2D eigenvalue weighted by atomic mass is 28.4. The van der Waals surface area contributed by atoms with Crippen molar-refractivity contribution in [2.24, 2.45) is 5.92 Å². The Morgan fingerprint density at radius 2 is 0.411 bits per heavy atom. The number of carbonyl (C=O) groups is 1. The largest absolute Gasteiger partial charge is 0.500 e. The molecule has 0 aliphatic heterocycles. The predicted octanol–water partition coefficient (Wildman–Crippen LogP) is 9.65. The van der Waals surface area contributed by atoms with Gasteiger partial charge in [-0.05, 0) is 12.8 Å². The molecule has 0 N–H and O–H groups in total. The maximum absolute atomic E-state index is 14.1. The van der Waals surface area contributed by atoms with Gasteiger partial charge in [0.1, 0.15) is 5.78 Å². The van der Waals surface area contributed by atoms with E-state index < -0.39 is 69.0 Å². The van der Waals surface area contributed by atoms with E-state index in [1.807, 2.05) is 6.92 Å². The zero-order valence-corrected chi connectivity index (χ0v) is 57.5. The van der Waals surface area contributed by atoms with Gasteiger partial charge < -0.3 is 79.7 Å². The number of hydrogen-bond acceptors (Lipinski definition) is 19. The summed E-state index contributed by atoms with van der Waals surface area (Å²) in [6.45, 7) is 2.01. The van der Waals surface area contributed by atoms with Crippen molar-refractivity contribution < 1.29 is 84.5 Å². The van der Waals surface area contributed by atoms with E-state index in [1.54, 1.807) is 128 Å². The van der Waals surface area contributed by atoms with Gasteiger partial charge in [-0.3, -0.25) is 4.79 Å². The topological polar surface area (TPSA) is 183 Å². The second kappa shape index (κ2) is 39.1. The minimum Gasteiger partial charge on any atom is -0.377 e. The Hall–Kier alpha value is 0.685. The lowest BCUT2D eigenvalue weighted by molar-refractivity contribution is -0.123. The van der Waals surface area contributed by atoms with E-state index in [-0.39, 0.29) is 5.92 Å². The van der Waals surface area contributed by atoms with Crippen LogP contribution in [-0.4, -0.2) is 203 Å². The molecule has 0 atom stereocenters. The van der Waals surface area contributed by atoms with Crippen molar-refractivity contribution in [2.45, 2.75) is 162 Å². The fourth-order valence-corrected chi connectivity index (χ4v) is 34.0. The molecule has 0 aliphatic carbocycles. The summed E-state index contributed by atoms with van der Waals surface area (Å²) in [6.07, 6.45) is 9.60. The van der Waals surface area contributed by atoms with Crippen LogP contribution in [0.2, 0.25) is 84.6 Å². The zero-order chi connectivity index (χ0) is 55.6. The number of carbonyl (C=O) groups excluding carboxylic acids is 1. The van der Waals surface area contributed by atoms with Gasteiger partial charge in [0.15, 0.2) is 0 Å². The highest BCUT2D eigenvalue weighted by Crippen LogP contribution is 2.40. The summed E-state index contributed by atoms with van der Waals surface area (Å²) in [5, 5.41) is 0. The lowest BCUT2D eigenvalue weighted by Gasteiger charge is -2.36. The molecule has 0 heterocycles.